The van der Waals surface area contributed by atoms with E-state index in [9.17, 15) is 0 Å². The highest BCUT2D eigenvalue weighted by Crippen LogP contribution is 2.26. The minimum Gasteiger partial charge on any atom is -0.330 e. The topological polar surface area (TPSA) is 38.9 Å². The van der Waals surface area contributed by atoms with Crippen molar-refractivity contribution in [2.24, 2.45) is 5.73 Å². The van der Waals surface area contributed by atoms with Gasteiger partial charge in [0.2, 0.25) is 0 Å². The Morgan fingerprint density at radius 1 is 0.762 bits per heavy atom. The second-order valence-corrected chi connectivity index (χ2v) is 5.07. The predicted octanol–water partition coefficient (Wildman–Crippen LogP) is 3.84. The summed E-state index contributed by atoms with van der Waals surface area (Å²) in [6.07, 6.45) is 3.81. The molecule has 1 aromatic heterocycles. The largest absolute Gasteiger partial charge is 0.330 e. The van der Waals surface area contributed by atoms with Crippen LogP contribution in [-0.2, 0) is 0 Å². The summed E-state index contributed by atoms with van der Waals surface area (Å²) in [6.45, 7) is 0.573. The van der Waals surface area contributed by atoms with Crippen LogP contribution in [0.5, 0.6) is 0 Å². The third-order valence-electron chi connectivity index (χ3n) is 3.71. The summed E-state index contributed by atoms with van der Waals surface area (Å²) in [6, 6.07) is 22.8. The standard InChI is InChI=1S/C19H18N2/c20-12-19(16-9-5-2-6-10-16)18-11-17(13-21-14-18)15-7-3-1-4-8-15/h1-11,13-14,19H,12,20H2. The molecule has 2 heteroatoms. The first-order valence-corrected chi connectivity index (χ1v) is 7.14. The van der Waals surface area contributed by atoms with E-state index in [-0.39, 0.29) is 5.92 Å². The van der Waals surface area contributed by atoms with E-state index in [2.05, 4.69) is 35.3 Å². The highest BCUT2D eigenvalue weighted by Gasteiger charge is 2.13. The number of nitrogens with two attached hydrogens (primary N) is 1. The first-order valence-electron chi connectivity index (χ1n) is 7.14. The molecule has 1 unspecified atom stereocenters. The van der Waals surface area contributed by atoms with E-state index >= 15 is 0 Å². The van der Waals surface area contributed by atoms with Gasteiger partial charge in [-0.05, 0) is 22.8 Å². The lowest BCUT2D eigenvalue weighted by Crippen LogP contribution is -2.14. The summed E-state index contributed by atoms with van der Waals surface area (Å²) in [7, 11) is 0. The SMILES string of the molecule is NCC(c1ccccc1)c1cncc(-c2ccccc2)c1. The van der Waals surface area contributed by atoms with Gasteiger partial charge in [0, 0.05) is 30.4 Å². The fourth-order valence-corrected chi connectivity index (χ4v) is 2.59. The molecular formula is C19H18N2. The molecule has 0 fully saturated rings. The van der Waals surface area contributed by atoms with Crippen molar-refractivity contribution in [2.45, 2.75) is 5.92 Å². The molecule has 0 aliphatic rings. The molecule has 2 N–H and O–H groups in total. The molecule has 2 aromatic carbocycles. The van der Waals surface area contributed by atoms with E-state index in [1.807, 2.05) is 48.8 Å². The molecule has 2 nitrogen and oxygen atoms in total. The lowest BCUT2D eigenvalue weighted by Gasteiger charge is -2.16. The second-order valence-electron chi connectivity index (χ2n) is 5.07. The zero-order valence-electron chi connectivity index (χ0n) is 11.8. The molecule has 3 rings (SSSR count). The van der Waals surface area contributed by atoms with Crippen LogP contribution in [0.1, 0.15) is 17.0 Å². The van der Waals surface area contributed by atoms with Crippen molar-refractivity contribution in [3.8, 4) is 11.1 Å². The van der Waals surface area contributed by atoms with E-state index < -0.39 is 0 Å². The number of rotatable bonds is 4. The average Bonchev–Trinajstić information content (AvgIpc) is 2.58. The van der Waals surface area contributed by atoms with Gasteiger partial charge in [-0.3, -0.25) is 4.98 Å². The fourth-order valence-electron chi connectivity index (χ4n) is 2.59. The number of hydrogen-bond acceptors (Lipinski definition) is 2. The highest BCUT2D eigenvalue weighted by atomic mass is 14.6. The zero-order chi connectivity index (χ0) is 14.5. The Labute approximate surface area is 125 Å². The molecule has 104 valence electrons. The van der Waals surface area contributed by atoms with Gasteiger partial charge in [-0.1, -0.05) is 60.7 Å². The van der Waals surface area contributed by atoms with Gasteiger partial charge in [0.25, 0.3) is 0 Å². The van der Waals surface area contributed by atoms with Gasteiger partial charge in [0.15, 0.2) is 0 Å². The molecule has 0 bridgehead atoms. The Kier molecular flexibility index (Phi) is 4.08. The number of benzene rings is 2. The first kappa shape index (κ1) is 13.5. The Morgan fingerprint density at radius 3 is 2.10 bits per heavy atom. The van der Waals surface area contributed by atoms with Gasteiger partial charge in [-0.25, -0.2) is 0 Å². The Bertz CT molecular complexity index is 693. The van der Waals surface area contributed by atoms with E-state index in [1.165, 1.54) is 11.1 Å². The van der Waals surface area contributed by atoms with Gasteiger partial charge in [0.05, 0.1) is 0 Å². The van der Waals surface area contributed by atoms with E-state index in [4.69, 9.17) is 5.73 Å². The number of nitrogens with zero attached hydrogens (tertiary/aromatic N) is 1. The third kappa shape index (κ3) is 3.01. The summed E-state index contributed by atoms with van der Waals surface area (Å²) in [5, 5.41) is 0. The van der Waals surface area contributed by atoms with E-state index in [0.29, 0.717) is 6.54 Å². The molecule has 0 spiro atoms. The first-order chi connectivity index (χ1) is 10.4. The van der Waals surface area contributed by atoms with Crippen molar-refractivity contribution in [1.29, 1.82) is 0 Å². The van der Waals surface area contributed by atoms with Gasteiger partial charge in [0.1, 0.15) is 0 Å². The zero-order valence-corrected chi connectivity index (χ0v) is 11.8. The summed E-state index contributed by atoms with van der Waals surface area (Å²) < 4.78 is 0. The monoisotopic (exact) mass is 274 g/mol. The van der Waals surface area contributed by atoms with Gasteiger partial charge >= 0.3 is 0 Å². The smallest absolute Gasteiger partial charge is 0.0346 e. The molecule has 0 saturated heterocycles. The van der Waals surface area contributed by atoms with Crippen LogP contribution in [0.3, 0.4) is 0 Å². The molecule has 0 aliphatic carbocycles. The molecule has 0 amide bonds. The Balaban J connectivity index is 1.99. The van der Waals surface area contributed by atoms with Gasteiger partial charge < -0.3 is 5.73 Å². The minimum absolute atomic E-state index is 0.183. The van der Waals surface area contributed by atoms with Crippen molar-refractivity contribution in [1.82, 2.24) is 4.98 Å². The van der Waals surface area contributed by atoms with Crippen LogP contribution in [-0.4, -0.2) is 11.5 Å². The summed E-state index contributed by atoms with van der Waals surface area (Å²) in [5.74, 6) is 0.183. The lowest BCUT2D eigenvalue weighted by molar-refractivity contribution is 0.814. The summed E-state index contributed by atoms with van der Waals surface area (Å²) in [5.41, 5.74) is 10.7. The molecule has 0 saturated carbocycles. The maximum Gasteiger partial charge on any atom is 0.0346 e. The molecule has 0 aliphatic heterocycles. The summed E-state index contributed by atoms with van der Waals surface area (Å²) >= 11 is 0. The maximum absolute atomic E-state index is 6.00. The minimum atomic E-state index is 0.183. The van der Waals surface area contributed by atoms with Crippen molar-refractivity contribution < 1.29 is 0 Å². The van der Waals surface area contributed by atoms with E-state index in [0.717, 1.165) is 11.1 Å². The van der Waals surface area contributed by atoms with Gasteiger partial charge in [-0.15, -0.1) is 0 Å². The van der Waals surface area contributed by atoms with Crippen LogP contribution in [0.25, 0.3) is 11.1 Å². The quantitative estimate of drug-likeness (QED) is 0.785. The number of aromatic nitrogens is 1. The van der Waals surface area contributed by atoms with Crippen LogP contribution in [0, 0.1) is 0 Å². The maximum atomic E-state index is 6.00. The Morgan fingerprint density at radius 2 is 1.43 bits per heavy atom. The highest BCUT2D eigenvalue weighted by molar-refractivity contribution is 5.63. The lowest BCUT2D eigenvalue weighted by atomic mass is 9.91. The molecule has 0 radical (unpaired) electrons. The van der Waals surface area contributed by atoms with E-state index in [1.54, 1.807) is 0 Å². The molecule has 1 heterocycles. The van der Waals surface area contributed by atoms with Crippen molar-refractivity contribution in [3.63, 3.8) is 0 Å². The van der Waals surface area contributed by atoms with Crippen LogP contribution in [0.2, 0.25) is 0 Å². The average molecular weight is 274 g/mol. The third-order valence-corrected chi connectivity index (χ3v) is 3.71. The van der Waals surface area contributed by atoms with Crippen LogP contribution in [0.15, 0.2) is 79.1 Å². The van der Waals surface area contributed by atoms with Crippen molar-refractivity contribution in [3.05, 3.63) is 90.3 Å². The van der Waals surface area contributed by atoms with Crippen molar-refractivity contribution in [2.75, 3.05) is 6.54 Å². The fraction of sp³-hybridized carbons (Fsp3) is 0.105. The van der Waals surface area contributed by atoms with Gasteiger partial charge in [-0.2, -0.15) is 0 Å². The molecule has 21 heavy (non-hydrogen) atoms. The normalized spacial score (nSPS) is 12.0. The van der Waals surface area contributed by atoms with Crippen LogP contribution in [0.4, 0.5) is 0 Å². The predicted molar refractivity (Wildman–Crippen MR) is 87.0 cm³/mol. The van der Waals surface area contributed by atoms with Crippen LogP contribution < -0.4 is 5.73 Å². The Hall–Kier alpha value is -2.45. The summed E-state index contributed by atoms with van der Waals surface area (Å²) in [4.78, 5) is 4.40. The number of hydrogen-bond donors (Lipinski definition) is 1. The molecule has 3 aromatic rings. The molecule has 1 atom stereocenters. The molecular weight excluding hydrogens is 256 g/mol. The second kappa shape index (κ2) is 6.33. The number of pyridine rings is 1. The van der Waals surface area contributed by atoms with Crippen molar-refractivity contribution >= 4 is 0 Å². The van der Waals surface area contributed by atoms with Crippen LogP contribution >= 0.6 is 0 Å².